The Morgan fingerprint density at radius 1 is 1.27 bits per heavy atom. The summed E-state index contributed by atoms with van der Waals surface area (Å²) in [6.45, 7) is 4.69. The number of rotatable bonds is 9. The lowest BCUT2D eigenvalue weighted by Gasteiger charge is -2.29. The third kappa shape index (κ3) is 5.59. The van der Waals surface area contributed by atoms with Crippen molar-refractivity contribution in [3.8, 4) is 5.75 Å². The molecule has 1 heterocycles. The van der Waals surface area contributed by atoms with Crippen LogP contribution in [0.4, 0.5) is 0 Å². The van der Waals surface area contributed by atoms with Crippen molar-refractivity contribution < 1.29 is 14.6 Å². The van der Waals surface area contributed by atoms with Gasteiger partial charge in [-0.1, -0.05) is 36.7 Å². The van der Waals surface area contributed by atoms with Crippen LogP contribution in [-0.4, -0.2) is 26.9 Å². The number of carbonyl (C=O) groups excluding carboxylic acids is 1. The fraction of sp³-hybridized carbons (Fsp3) is 0.304. The summed E-state index contributed by atoms with van der Waals surface area (Å²) in [5.41, 5.74) is 2.12. The minimum atomic E-state index is -0.0891. The van der Waals surface area contributed by atoms with Gasteiger partial charge in [-0.25, -0.2) is 4.98 Å². The van der Waals surface area contributed by atoms with Crippen molar-refractivity contribution in [2.75, 3.05) is 0 Å². The minimum Gasteiger partial charge on any atom is -0.486 e. The summed E-state index contributed by atoms with van der Waals surface area (Å²) in [7, 11) is 0. The fourth-order valence-corrected chi connectivity index (χ4v) is 3.91. The van der Waals surface area contributed by atoms with Crippen LogP contribution in [0.1, 0.15) is 46.9 Å². The van der Waals surface area contributed by atoms with Crippen LogP contribution >= 0.6 is 22.9 Å². The molecule has 3 aromatic rings. The maximum Gasteiger partial charge on any atom is 0.254 e. The van der Waals surface area contributed by atoms with Gasteiger partial charge in [-0.3, -0.25) is 4.79 Å². The number of ether oxygens (including phenoxy) is 1. The van der Waals surface area contributed by atoms with E-state index in [1.165, 1.54) is 11.3 Å². The zero-order chi connectivity index (χ0) is 21.5. The molecule has 0 saturated carbocycles. The highest BCUT2D eigenvalue weighted by Crippen LogP contribution is 2.27. The first kappa shape index (κ1) is 22.3. The Hall–Kier alpha value is -2.41. The van der Waals surface area contributed by atoms with E-state index in [0.717, 1.165) is 17.0 Å². The zero-order valence-corrected chi connectivity index (χ0v) is 18.6. The normalized spacial score (nSPS) is 11.9. The van der Waals surface area contributed by atoms with Gasteiger partial charge in [-0.05, 0) is 43.7 Å². The highest BCUT2D eigenvalue weighted by Gasteiger charge is 2.22. The molecular weight excluding hydrogens is 420 g/mol. The molecular formula is C23H25ClN2O3S. The first-order valence-corrected chi connectivity index (χ1v) is 11.1. The molecule has 0 unspecified atom stereocenters. The van der Waals surface area contributed by atoms with E-state index < -0.39 is 0 Å². The van der Waals surface area contributed by atoms with Crippen LogP contribution in [0.5, 0.6) is 5.75 Å². The van der Waals surface area contributed by atoms with Crippen LogP contribution in [0.2, 0.25) is 5.02 Å². The van der Waals surface area contributed by atoms with E-state index in [4.69, 9.17) is 16.3 Å². The lowest BCUT2D eigenvalue weighted by atomic mass is 10.1. The predicted octanol–water partition coefficient (Wildman–Crippen LogP) is 5.31. The number of hydrogen-bond donors (Lipinski definition) is 1. The van der Waals surface area contributed by atoms with Crippen molar-refractivity contribution in [2.45, 2.75) is 46.1 Å². The molecule has 3 rings (SSSR count). The van der Waals surface area contributed by atoms with Gasteiger partial charge < -0.3 is 14.7 Å². The van der Waals surface area contributed by atoms with Gasteiger partial charge in [0.15, 0.2) is 0 Å². The first-order chi connectivity index (χ1) is 14.5. The van der Waals surface area contributed by atoms with E-state index in [9.17, 15) is 9.90 Å². The summed E-state index contributed by atoms with van der Waals surface area (Å²) in [4.78, 5) is 19.3. The average Bonchev–Trinajstić information content (AvgIpc) is 3.24. The third-order valence-electron chi connectivity index (χ3n) is 4.88. The van der Waals surface area contributed by atoms with E-state index in [1.807, 2.05) is 59.7 Å². The summed E-state index contributed by atoms with van der Waals surface area (Å²) in [6, 6.07) is 14.8. The van der Waals surface area contributed by atoms with Gasteiger partial charge in [-0.2, -0.15) is 0 Å². The number of aromatic nitrogens is 1. The molecule has 0 bridgehead atoms. The number of aliphatic hydroxyl groups excluding tert-OH is 1. The number of hydrogen-bond acceptors (Lipinski definition) is 5. The largest absolute Gasteiger partial charge is 0.486 e. The van der Waals surface area contributed by atoms with E-state index in [1.54, 1.807) is 6.07 Å². The predicted molar refractivity (Wildman–Crippen MR) is 120 cm³/mol. The van der Waals surface area contributed by atoms with Crippen molar-refractivity contribution in [3.63, 3.8) is 0 Å². The Bertz CT molecular complexity index is 978. The lowest BCUT2D eigenvalue weighted by Crippen LogP contribution is -2.37. The van der Waals surface area contributed by atoms with E-state index >= 15 is 0 Å². The Balaban J connectivity index is 1.83. The molecule has 0 aliphatic rings. The SMILES string of the molecule is CC[C@@H](C)N(Cc1cc(Cl)ccc1OCc1nc(CO)cs1)C(=O)c1ccccc1. The van der Waals surface area contributed by atoms with Crippen molar-refractivity contribution >= 4 is 28.8 Å². The number of nitrogens with zero attached hydrogens (tertiary/aromatic N) is 2. The molecule has 0 saturated heterocycles. The molecule has 5 nitrogen and oxygen atoms in total. The molecule has 0 aliphatic heterocycles. The van der Waals surface area contributed by atoms with Gasteiger partial charge in [0.2, 0.25) is 0 Å². The average molecular weight is 445 g/mol. The minimum absolute atomic E-state index is 0.0246. The zero-order valence-electron chi connectivity index (χ0n) is 17.0. The highest BCUT2D eigenvalue weighted by atomic mass is 35.5. The van der Waals surface area contributed by atoms with Crippen LogP contribution in [0.25, 0.3) is 0 Å². The smallest absolute Gasteiger partial charge is 0.254 e. The molecule has 0 radical (unpaired) electrons. The number of thiazole rings is 1. The van der Waals surface area contributed by atoms with E-state index in [2.05, 4.69) is 11.9 Å². The maximum absolute atomic E-state index is 13.2. The number of halogens is 1. The standard InChI is InChI=1S/C23H25ClN2O3S/c1-3-16(2)26(23(28)17-7-5-4-6-8-17)12-18-11-19(24)9-10-21(18)29-14-22-25-20(13-27)15-30-22/h4-11,15-16,27H,3,12-14H2,1-2H3/t16-/m1/s1. The number of carbonyl (C=O) groups is 1. The first-order valence-electron chi connectivity index (χ1n) is 9.83. The molecule has 0 fully saturated rings. The van der Waals surface area contributed by atoms with Gasteiger partial charge in [0.05, 0.1) is 12.3 Å². The highest BCUT2D eigenvalue weighted by molar-refractivity contribution is 7.09. The quantitative estimate of drug-likeness (QED) is 0.485. The van der Waals surface area contributed by atoms with E-state index in [-0.39, 0.29) is 25.2 Å². The maximum atomic E-state index is 13.2. The third-order valence-corrected chi connectivity index (χ3v) is 5.99. The van der Waals surface area contributed by atoms with Crippen LogP contribution in [0.3, 0.4) is 0 Å². The summed E-state index contributed by atoms with van der Waals surface area (Å²) in [6.07, 6.45) is 0.832. The van der Waals surface area contributed by atoms with Gasteiger partial charge in [0.1, 0.15) is 17.4 Å². The van der Waals surface area contributed by atoms with Crippen LogP contribution in [0, 0.1) is 0 Å². The van der Waals surface area contributed by atoms with E-state index in [0.29, 0.717) is 28.6 Å². The second-order valence-electron chi connectivity index (χ2n) is 6.99. The number of amides is 1. The van der Waals surface area contributed by atoms with Gasteiger partial charge in [0.25, 0.3) is 5.91 Å². The van der Waals surface area contributed by atoms with Gasteiger partial charge in [-0.15, -0.1) is 11.3 Å². The summed E-state index contributed by atoms with van der Waals surface area (Å²) >= 11 is 7.69. The van der Waals surface area contributed by atoms with Gasteiger partial charge in [0, 0.05) is 34.1 Å². The summed E-state index contributed by atoms with van der Waals surface area (Å²) in [5, 5.41) is 12.4. The second-order valence-corrected chi connectivity index (χ2v) is 8.37. The second kappa shape index (κ2) is 10.6. The van der Waals surface area contributed by atoms with Gasteiger partial charge >= 0.3 is 0 Å². The Kier molecular flexibility index (Phi) is 7.85. The molecule has 1 amide bonds. The Labute approximate surface area is 185 Å². The Morgan fingerprint density at radius 3 is 2.70 bits per heavy atom. The number of aliphatic hydroxyl groups is 1. The molecule has 0 spiro atoms. The van der Waals surface area contributed by atoms with Crippen molar-refractivity contribution in [3.05, 3.63) is 80.8 Å². The molecule has 0 aliphatic carbocycles. The summed E-state index contributed by atoms with van der Waals surface area (Å²) in [5.74, 6) is 0.637. The van der Waals surface area contributed by atoms with Crippen LogP contribution < -0.4 is 4.74 Å². The van der Waals surface area contributed by atoms with Crippen molar-refractivity contribution in [1.29, 1.82) is 0 Å². The molecule has 30 heavy (non-hydrogen) atoms. The molecule has 7 heteroatoms. The topological polar surface area (TPSA) is 62.7 Å². The molecule has 1 atom stereocenters. The van der Waals surface area contributed by atoms with Crippen LogP contribution in [0.15, 0.2) is 53.9 Å². The van der Waals surface area contributed by atoms with Crippen LogP contribution in [-0.2, 0) is 19.8 Å². The monoisotopic (exact) mass is 444 g/mol. The molecule has 158 valence electrons. The number of benzene rings is 2. The Morgan fingerprint density at radius 2 is 2.03 bits per heavy atom. The molecule has 2 aromatic carbocycles. The lowest BCUT2D eigenvalue weighted by molar-refractivity contribution is 0.0669. The molecule has 1 N–H and O–H groups in total. The van der Waals surface area contributed by atoms with Crippen molar-refractivity contribution in [1.82, 2.24) is 9.88 Å². The fourth-order valence-electron chi connectivity index (χ4n) is 3.02. The summed E-state index contributed by atoms with van der Waals surface area (Å²) < 4.78 is 6.01. The molecule has 1 aromatic heterocycles. The van der Waals surface area contributed by atoms with Crippen molar-refractivity contribution in [2.24, 2.45) is 0 Å².